The fourth-order valence-electron chi connectivity index (χ4n) is 5.76. The van der Waals surface area contributed by atoms with Crippen LogP contribution in [0.4, 0.5) is 0 Å². The zero-order valence-electron chi connectivity index (χ0n) is 28.5. The van der Waals surface area contributed by atoms with Crippen molar-refractivity contribution < 1.29 is 19.4 Å². The number of fused-ring (bicyclic) bond motifs is 1. The summed E-state index contributed by atoms with van der Waals surface area (Å²) in [6, 6.07) is 19.1. The SMILES string of the molecule is COc1nc(-c2cccc(-c3cccc(-c4ccc5nc(CNC[C@@H](O)CC(=O)N(C)C)cn5n4)c3Cl)c2Cl)ccc1CNCN1CCC(=O)N1. The number of methoxy groups -OCH3 is 1. The van der Waals surface area contributed by atoms with E-state index in [-0.39, 0.29) is 24.8 Å². The number of rotatable bonds is 14. The Bertz CT molecular complexity index is 2060. The van der Waals surface area contributed by atoms with E-state index in [1.165, 1.54) is 4.90 Å². The topological polar surface area (TPSA) is 149 Å². The highest BCUT2D eigenvalue weighted by Gasteiger charge is 2.20. The van der Waals surface area contributed by atoms with Gasteiger partial charge < -0.3 is 20.1 Å². The molecule has 3 aromatic heterocycles. The number of hydrogen-bond acceptors (Lipinski definition) is 10. The van der Waals surface area contributed by atoms with Crippen LogP contribution in [0, 0.1) is 0 Å². The zero-order valence-corrected chi connectivity index (χ0v) is 30.0. The number of nitrogens with zero attached hydrogens (tertiary/aromatic N) is 6. The molecule has 0 radical (unpaired) electrons. The summed E-state index contributed by atoms with van der Waals surface area (Å²) >= 11 is 14.1. The van der Waals surface area contributed by atoms with Crippen LogP contribution < -0.4 is 20.8 Å². The first-order chi connectivity index (χ1) is 24.6. The van der Waals surface area contributed by atoms with Crippen molar-refractivity contribution in [1.29, 1.82) is 0 Å². The number of benzene rings is 2. The molecule has 4 heterocycles. The fraction of sp³-hybridized carbons (Fsp3) is 0.306. The second kappa shape index (κ2) is 16.1. The lowest BCUT2D eigenvalue weighted by molar-refractivity contribution is -0.130. The Morgan fingerprint density at radius 3 is 2.31 bits per heavy atom. The van der Waals surface area contributed by atoms with Crippen LogP contribution in [0.15, 0.2) is 66.9 Å². The largest absolute Gasteiger partial charge is 0.481 e. The lowest BCUT2D eigenvalue weighted by Crippen LogP contribution is -2.40. The first-order valence-corrected chi connectivity index (χ1v) is 17.2. The summed E-state index contributed by atoms with van der Waals surface area (Å²) in [6.45, 7) is 2.32. The lowest BCUT2D eigenvalue weighted by atomic mass is 9.98. The van der Waals surface area contributed by atoms with Crippen LogP contribution in [0.2, 0.25) is 10.0 Å². The van der Waals surface area contributed by atoms with E-state index in [4.69, 9.17) is 38.0 Å². The molecular formula is C36H39Cl2N9O4. The summed E-state index contributed by atoms with van der Waals surface area (Å²) in [5, 5.41) is 24.2. The maximum absolute atomic E-state index is 11.8. The average Bonchev–Trinajstić information content (AvgIpc) is 3.73. The number of aliphatic hydroxyl groups excluding tert-OH is 1. The molecule has 1 aliphatic heterocycles. The molecule has 51 heavy (non-hydrogen) atoms. The van der Waals surface area contributed by atoms with Gasteiger partial charge in [0.15, 0.2) is 5.65 Å². The zero-order chi connectivity index (χ0) is 36.1. The van der Waals surface area contributed by atoms with Crippen molar-refractivity contribution >= 4 is 40.7 Å². The van der Waals surface area contributed by atoms with Gasteiger partial charge in [-0.2, -0.15) is 5.10 Å². The average molecular weight is 733 g/mol. The van der Waals surface area contributed by atoms with E-state index in [0.29, 0.717) is 65.7 Å². The monoisotopic (exact) mass is 731 g/mol. The van der Waals surface area contributed by atoms with Crippen LogP contribution in [-0.2, 0) is 22.7 Å². The van der Waals surface area contributed by atoms with E-state index in [9.17, 15) is 14.7 Å². The predicted molar refractivity (Wildman–Crippen MR) is 196 cm³/mol. The predicted octanol–water partition coefficient (Wildman–Crippen LogP) is 4.15. The summed E-state index contributed by atoms with van der Waals surface area (Å²) < 4.78 is 7.32. The molecule has 0 spiro atoms. The highest BCUT2D eigenvalue weighted by Crippen LogP contribution is 2.42. The second-order valence-corrected chi connectivity index (χ2v) is 13.1. The fourth-order valence-corrected chi connectivity index (χ4v) is 6.41. The molecule has 6 rings (SSSR count). The minimum atomic E-state index is -0.796. The van der Waals surface area contributed by atoms with Gasteiger partial charge >= 0.3 is 0 Å². The van der Waals surface area contributed by atoms with E-state index in [1.54, 1.807) is 25.7 Å². The molecule has 1 saturated heterocycles. The van der Waals surface area contributed by atoms with Crippen molar-refractivity contribution in [3.05, 3.63) is 88.2 Å². The third-order valence-electron chi connectivity index (χ3n) is 8.45. The van der Waals surface area contributed by atoms with E-state index >= 15 is 0 Å². The molecule has 0 unspecified atom stereocenters. The molecule has 0 bridgehead atoms. The molecule has 5 aromatic rings. The standard InChI is InChI=1S/C36H39Cl2N9O4/c1-45(2)33(50)16-24(48)19-39-18-23-20-47-31(41-23)13-12-30(43-47)28-9-5-7-26(35(28)38)25-6-4-8-27(34(25)37)29-11-10-22(36(42-29)51-3)17-40-21-46-15-14-32(49)44-46/h4-13,20,24,39-40,48H,14-19,21H2,1-3H3,(H,44,49)/t24-/m0/s1. The van der Waals surface area contributed by atoms with E-state index in [0.717, 1.165) is 33.5 Å². The molecule has 266 valence electrons. The molecular weight excluding hydrogens is 693 g/mol. The Balaban J connectivity index is 1.18. The highest BCUT2D eigenvalue weighted by atomic mass is 35.5. The molecule has 13 nitrogen and oxygen atoms in total. The van der Waals surface area contributed by atoms with E-state index < -0.39 is 6.10 Å². The number of amides is 2. The molecule has 2 amide bonds. The smallest absolute Gasteiger partial charge is 0.235 e. The van der Waals surface area contributed by atoms with Gasteiger partial charge in [-0.05, 0) is 18.2 Å². The van der Waals surface area contributed by atoms with Gasteiger partial charge in [-0.1, -0.05) is 65.7 Å². The third-order valence-corrected chi connectivity index (χ3v) is 9.26. The number of imidazole rings is 1. The third kappa shape index (κ3) is 8.47. The molecule has 2 aromatic carbocycles. The van der Waals surface area contributed by atoms with Gasteiger partial charge in [0.25, 0.3) is 0 Å². The molecule has 1 aliphatic rings. The molecule has 0 saturated carbocycles. The van der Waals surface area contributed by atoms with Crippen molar-refractivity contribution in [2.24, 2.45) is 0 Å². The quantitative estimate of drug-likeness (QED) is 0.131. The molecule has 4 N–H and O–H groups in total. The minimum absolute atomic E-state index is 0.0187. The van der Waals surface area contributed by atoms with Gasteiger partial charge in [0, 0.05) is 74.5 Å². The normalized spacial score (nSPS) is 13.8. The Labute approximate surface area is 305 Å². The molecule has 15 heteroatoms. The molecule has 1 atom stereocenters. The Morgan fingerprint density at radius 1 is 0.961 bits per heavy atom. The lowest BCUT2D eigenvalue weighted by Gasteiger charge is -2.17. The number of ether oxygens (including phenoxy) is 1. The van der Waals surface area contributed by atoms with Gasteiger partial charge in [0.1, 0.15) is 0 Å². The van der Waals surface area contributed by atoms with Crippen LogP contribution in [0.25, 0.3) is 39.3 Å². The van der Waals surface area contributed by atoms with Gasteiger partial charge in [0.05, 0.1) is 59.6 Å². The second-order valence-electron chi connectivity index (χ2n) is 12.4. The van der Waals surface area contributed by atoms with Gasteiger partial charge in [-0.25, -0.2) is 19.5 Å². The minimum Gasteiger partial charge on any atom is -0.481 e. The molecule has 0 aliphatic carbocycles. The number of hydrazine groups is 1. The van der Waals surface area contributed by atoms with Crippen molar-refractivity contribution in [3.63, 3.8) is 0 Å². The number of hydrogen-bond donors (Lipinski definition) is 4. The number of aliphatic hydroxyl groups is 1. The summed E-state index contributed by atoms with van der Waals surface area (Å²) in [5.74, 6) is 0.359. The van der Waals surface area contributed by atoms with Crippen molar-refractivity contribution in [1.82, 2.24) is 45.6 Å². The Morgan fingerprint density at radius 2 is 1.65 bits per heavy atom. The van der Waals surface area contributed by atoms with Gasteiger partial charge in [-0.15, -0.1) is 0 Å². The van der Waals surface area contributed by atoms with E-state index in [2.05, 4.69) is 21.0 Å². The number of pyridine rings is 1. The summed E-state index contributed by atoms with van der Waals surface area (Å²) in [6.07, 6.45) is 1.56. The van der Waals surface area contributed by atoms with Crippen LogP contribution in [0.3, 0.4) is 0 Å². The van der Waals surface area contributed by atoms with Crippen molar-refractivity contribution in [2.45, 2.75) is 32.0 Å². The number of aromatic nitrogens is 4. The number of halogens is 2. The molecule has 1 fully saturated rings. The van der Waals surface area contributed by atoms with Gasteiger partial charge in [-0.3, -0.25) is 20.3 Å². The summed E-state index contributed by atoms with van der Waals surface area (Å²) in [4.78, 5) is 34.2. The van der Waals surface area contributed by atoms with E-state index in [1.807, 2.05) is 71.9 Å². The number of nitrogens with one attached hydrogen (secondary N) is 3. The van der Waals surface area contributed by atoms with Crippen LogP contribution in [0.1, 0.15) is 24.1 Å². The summed E-state index contributed by atoms with van der Waals surface area (Å²) in [7, 11) is 4.90. The van der Waals surface area contributed by atoms with Crippen LogP contribution >= 0.6 is 23.2 Å². The van der Waals surface area contributed by atoms with Gasteiger partial charge in [0.2, 0.25) is 17.7 Å². The van der Waals surface area contributed by atoms with Crippen LogP contribution in [0.5, 0.6) is 5.88 Å². The Hall–Kier alpha value is -4.63. The van der Waals surface area contributed by atoms with Crippen LogP contribution in [-0.4, -0.2) is 93.5 Å². The summed E-state index contributed by atoms with van der Waals surface area (Å²) in [5.41, 5.74) is 9.30. The number of carbonyl (C=O) groups excluding carboxylic acids is 2. The highest BCUT2D eigenvalue weighted by molar-refractivity contribution is 6.39. The van der Waals surface area contributed by atoms with Crippen molar-refractivity contribution in [3.8, 4) is 39.5 Å². The maximum atomic E-state index is 11.8. The first-order valence-electron chi connectivity index (χ1n) is 16.4. The first kappa shape index (κ1) is 36.2. The number of carbonyl (C=O) groups is 2. The Kier molecular flexibility index (Phi) is 11.5. The van der Waals surface area contributed by atoms with Crippen molar-refractivity contribution in [2.75, 3.05) is 41.0 Å². The maximum Gasteiger partial charge on any atom is 0.235 e.